The van der Waals surface area contributed by atoms with E-state index >= 15 is 0 Å². The number of benzene rings is 1. The Bertz CT molecular complexity index is 1620. The van der Waals surface area contributed by atoms with E-state index in [1.54, 1.807) is 5.38 Å². The highest BCUT2D eigenvalue weighted by Gasteiger charge is 2.23. The second-order valence-corrected chi connectivity index (χ2v) is 13.7. The smallest absolute Gasteiger partial charge is 0.312 e. The summed E-state index contributed by atoms with van der Waals surface area (Å²) < 4.78 is 40.3. The van der Waals surface area contributed by atoms with Crippen LogP contribution in [0, 0.1) is 6.08 Å². The summed E-state index contributed by atoms with van der Waals surface area (Å²) in [6.45, 7) is 7.66. The molecule has 3 aromatic heterocycles. The van der Waals surface area contributed by atoms with Crippen LogP contribution in [0.25, 0.3) is 21.7 Å². The van der Waals surface area contributed by atoms with Crippen LogP contribution in [-0.2, 0) is 35.6 Å². The molecule has 1 aliphatic rings. The first-order valence-corrected chi connectivity index (χ1v) is 15.4. The van der Waals surface area contributed by atoms with E-state index in [0.29, 0.717) is 35.0 Å². The molecule has 0 amide bonds. The van der Waals surface area contributed by atoms with E-state index in [2.05, 4.69) is 53.2 Å². The van der Waals surface area contributed by atoms with Gasteiger partial charge in [0.1, 0.15) is 10.8 Å². The molecule has 202 valence electrons. The lowest BCUT2D eigenvalue weighted by molar-refractivity contribution is 0.413. The van der Waals surface area contributed by atoms with Crippen LogP contribution in [0.3, 0.4) is 0 Å². The summed E-state index contributed by atoms with van der Waals surface area (Å²) in [6, 6.07) is 4.32. The van der Waals surface area contributed by atoms with Crippen molar-refractivity contribution in [3.63, 3.8) is 0 Å². The Balaban J connectivity index is 1.57. The number of halogens is 1. The number of nitrogens with zero attached hydrogens (tertiary/aromatic N) is 5. The van der Waals surface area contributed by atoms with Gasteiger partial charge >= 0.3 is 6.08 Å². The number of sulfone groups is 1. The van der Waals surface area contributed by atoms with Gasteiger partial charge in [-0.1, -0.05) is 6.07 Å². The third kappa shape index (κ3) is 5.57. The number of rotatable bonds is 8. The quantitative estimate of drug-likeness (QED) is 0.246. The molecule has 0 saturated carbocycles. The second-order valence-electron chi connectivity index (χ2n) is 10.8. The molecule has 1 aromatic carbocycles. The standard InChI is InChI=1S/C26H32FN7O2S2/c1-26(2,3)29-9-6-10-34-19(30-21-22(28)32-25(27)33-23(21)34)13-17-11-15-7-5-8-16(15)12-18(17)24-31-20(14-37-24)38(4,35)36/h11-12,14,29H,5-10,13H2,1-4H3,(H2,28,32,33). The Labute approximate surface area is 225 Å². The SMILES string of the molecule is CC(C)(C)NCCCn1c(Cc2cc3c(cc2-c2nc(S(C)(=O)=O)cs2)CCC3)nc2c(N)nc(F)nc21. The minimum Gasteiger partial charge on any atom is -0.382 e. The number of hydrogen-bond acceptors (Lipinski definition) is 9. The van der Waals surface area contributed by atoms with Gasteiger partial charge in [0.15, 0.2) is 31.8 Å². The summed E-state index contributed by atoms with van der Waals surface area (Å²) in [5, 5.41) is 5.78. The molecule has 38 heavy (non-hydrogen) atoms. The largest absolute Gasteiger partial charge is 0.382 e. The van der Waals surface area contributed by atoms with Crippen molar-refractivity contribution in [2.75, 3.05) is 18.5 Å². The van der Waals surface area contributed by atoms with E-state index in [1.807, 2.05) is 4.57 Å². The summed E-state index contributed by atoms with van der Waals surface area (Å²) in [6.07, 6.45) is 4.55. The molecule has 0 aliphatic heterocycles. The molecule has 0 fully saturated rings. The highest BCUT2D eigenvalue weighted by atomic mass is 32.2. The first-order chi connectivity index (χ1) is 17.9. The number of nitrogen functional groups attached to an aromatic ring is 1. The maximum Gasteiger partial charge on any atom is 0.312 e. The van der Waals surface area contributed by atoms with Gasteiger partial charge in [-0.25, -0.2) is 18.4 Å². The fourth-order valence-electron chi connectivity index (χ4n) is 4.85. The average Bonchev–Trinajstić information content (AvgIpc) is 3.54. The lowest BCUT2D eigenvalue weighted by Crippen LogP contribution is -2.36. The number of imidazole rings is 1. The van der Waals surface area contributed by atoms with Crippen molar-refractivity contribution in [2.45, 2.75) is 70.0 Å². The van der Waals surface area contributed by atoms with Crippen LogP contribution in [0.15, 0.2) is 22.5 Å². The Morgan fingerprint density at radius 3 is 2.55 bits per heavy atom. The van der Waals surface area contributed by atoms with Gasteiger partial charge in [-0.15, -0.1) is 11.3 Å². The fourth-order valence-corrected chi connectivity index (χ4v) is 6.75. The zero-order chi connectivity index (χ0) is 27.2. The Kier molecular flexibility index (Phi) is 6.99. The molecule has 3 N–H and O–H groups in total. The van der Waals surface area contributed by atoms with Crippen molar-refractivity contribution in [2.24, 2.45) is 0 Å². The average molecular weight is 558 g/mol. The third-order valence-corrected chi connectivity index (χ3v) is 8.64. The monoisotopic (exact) mass is 557 g/mol. The van der Waals surface area contributed by atoms with Crippen molar-refractivity contribution in [1.29, 1.82) is 0 Å². The van der Waals surface area contributed by atoms with Gasteiger partial charge < -0.3 is 15.6 Å². The van der Waals surface area contributed by atoms with Crippen LogP contribution in [0.4, 0.5) is 10.2 Å². The summed E-state index contributed by atoms with van der Waals surface area (Å²) >= 11 is 1.31. The first-order valence-electron chi connectivity index (χ1n) is 12.6. The third-order valence-electron chi connectivity index (χ3n) is 6.65. The van der Waals surface area contributed by atoms with E-state index in [-0.39, 0.29) is 16.4 Å². The van der Waals surface area contributed by atoms with Crippen LogP contribution in [0.5, 0.6) is 0 Å². The second kappa shape index (κ2) is 9.97. The van der Waals surface area contributed by atoms with Crippen LogP contribution in [0.1, 0.15) is 56.1 Å². The van der Waals surface area contributed by atoms with E-state index in [0.717, 1.165) is 49.6 Å². The van der Waals surface area contributed by atoms with Gasteiger partial charge in [0.05, 0.1) is 0 Å². The van der Waals surface area contributed by atoms with Crippen molar-refractivity contribution in [3.05, 3.63) is 46.1 Å². The molecular formula is C26H32FN7O2S2. The van der Waals surface area contributed by atoms with Gasteiger partial charge in [-0.3, -0.25) is 0 Å². The molecule has 9 nitrogen and oxygen atoms in total. The molecule has 12 heteroatoms. The van der Waals surface area contributed by atoms with E-state index in [1.165, 1.54) is 22.5 Å². The number of thiazole rings is 1. The topological polar surface area (TPSA) is 129 Å². The molecule has 0 bridgehead atoms. The highest BCUT2D eigenvalue weighted by molar-refractivity contribution is 7.90. The van der Waals surface area contributed by atoms with Crippen molar-refractivity contribution < 1.29 is 12.8 Å². The van der Waals surface area contributed by atoms with Gasteiger partial charge in [0.25, 0.3) is 0 Å². The lowest BCUT2D eigenvalue weighted by atomic mass is 9.98. The number of fused-ring (bicyclic) bond motifs is 2. The number of aryl methyl sites for hydroxylation is 3. The lowest BCUT2D eigenvalue weighted by Gasteiger charge is -2.20. The summed E-state index contributed by atoms with van der Waals surface area (Å²) in [4.78, 5) is 16.9. The maximum absolute atomic E-state index is 14.2. The van der Waals surface area contributed by atoms with Crippen molar-refractivity contribution in [1.82, 2.24) is 29.8 Å². The maximum atomic E-state index is 14.2. The molecule has 0 atom stereocenters. The fraction of sp³-hybridized carbons (Fsp3) is 0.462. The number of hydrogen-bond donors (Lipinski definition) is 2. The molecular weight excluding hydrogens is 525 g/mol. The van der Waals surface area contributed by atoms with Crippen molar-refractivity contribution >= 4 is 38.2 Å². The van der Waals surface area contributed by atoms with E-state index < -0.39 is 15.9 Å². The van der Waals surface area contributed by atoms with Gasteiger partial charge in [0.2, 0.25) is 0 Å². The highest BCUT2D eigenvalue weighted by Crippen LogP contribution is 2.35. The molecule has 0 unspecified atom stereocenters. The van der Waals surface area contributed by atoms with Crippen LogP contribution in [0.2, 0.25) is 0 Å². The zero-order valence-corrected chi connectivity index (χ0v) is 23.6. The summed E-state index contributed by atoms with van der Waals surface area (Å²) in [5.41, 5.74) is 11.2. The molecule has 1 aliphatic carbocycles. The minimum absolute atomic E-state index is 0.00668. The first kappa shape index (κ1) is 26.6. The van der Waals surface area contributed by atoms with Gasteiger partial charge in [0, 0.05) is 35.7 Å². The van der Waals surface area contributed by atoms with E-state index in [9.17, 15) is 12.8 Å². The molecule has 0 radical (unpaired) electrons. The zero-order valence-electron chi connectivity index (χ0n) is 22.0. The minimum atomic E-state index is -3.42. The summed E-state index contributed by atoms with van der Waals surface area (Å²) in [7, 11) is -3.42. The molecule has 0 spiro atoms. The molecule has 4 aromatic rings. The molecule has 3 heterocycles. The predicted molar refractivity (Wildman–Crippen MR) is 148 cm³/mol. The van der Waals surface area contributed by atoms with Gasteiger partial charge in [-0.05, 0) is 75.8 Å². The Morgan fingerprint density at radius 2 is 1.87 bits per heavy atom. The molecule has 5 rings (SSSR count). The van der Waals surface area contributed by atoms with Gasteiger partial charge in [-0.2, -0.15) is 14.4 Å². The van der Waals surface area contributed by atoms with Crippen LogP contribution >= 0.6 is 11.3 Å². The predicted octanol–water partition coefficient (Wildman–Crippen LogP) is 3.93. The van der Waals surface area contributed by atoms with Crippen LogP contribution in [-0.4, -0.2) is 51.3 Å². The number of anilines is 1. The summed E-state index contributed by atoms with van der Waals surface area (Å²) in [5.74, 6) is 0.702. The Hall–Kier alpha value is -2.96. The van der Waals surface area contributed by atoms with Crippen molar-refractivity contribution in [3.8, 4) is 10.6 Å². The van der Waals surface area contributed by atoms with E-state index in [4.69, 9.17) is 10.7 Å². The van der Waals surface area contributed by atoms with Crippen LogP contribution < -0.4 is 11.1 Å². The number of nitrogens with one attached hydrogen (secondary N) is 1. The normalized spacial score (nSPS) is 13.9. The molecule has 0 saturated heterocycles. The number of aromatic nitrogens is 5. The number of nitrogens with two attached hydrogens (primary N) is 1. The Morgan fingerprint density at radius 1 is 1.13 bits per heavy atom.